The Balaban J connectivity index is 1.81. The number of rotatable bonds is 4. The van der Waals surface area contributed by atoms with Crippen LogP contribution in [0.15, 0.2) is 17.2 Å². The van der Waals surface area contributed by atoms with Crippen molar-refractivity contribution in [2.24, 2.45) is 5.92 Å². The topological polar surface area (TPSA) is 64.0 Å². The molecule has 0 radical (unpaired) electrons. The van der Waals surface area contributed by atoms with Crippen molar-refractivity contribution in [3.05, 3.63) is 28.4 Å². The van der Waals surface area contributed by atoms with E-state index in [0.717, 1.165) is 19.3 Å². The summed E-state index contributed by atoms with van der Waals surface area (Å²) in [5.41, 5.74) is 0.639. The maximum Gasteiger partial charge on any atom is 0.253 e. The van der Waals surface area contributed by atoms with E-state index in [2.05, 4.69) is 10.3 Å². The SMILES string of the molecule is Cc1cc(=O)n(CCNC(=O)C2CCC2)cn1. The van der Waals surface area contributed by atoms with Crippen LogP contribution in [0.4, 0.5) is 0 Å². The van der Waals surface area contributed by atoms with Gasteiger partial charge < -0.3 is 5.32 Å². The predicted octanol–water partition coefficient (Wildman–Crippen LogP) is 0.468. The Morgan fingerprint density at radius 1 is 1.59 bits per heavy atom. The lowest BCUT2D eigenvalue weighted by Gasteiger charge is -2.24. The molecule has 1 heterocycles. The van der Waals surface area contributed by atoms with E-state index < -0.39 is 0 Å². The molecule has 1 aromatic rings. The van der Waals surface area contributed by atoms with Gasteiger partial charge in [0.2, 0.25) is 5.91 Å². The third-order valence-corrected chi connectivity index (χ3v) is 3.14. The molecule has 1 aromatic heterocycles. The summed E-state index contributed by atoms with van der Waals surface area (Å²) in [5, 5.41) is 2.85. The molecule has 0 saturated heterocycles. The Kier molecular flexibility index (Phi) is 3.56. The van der Waals surface area contributed by atoms with Crippen LogP contribution >= 0.6 is 0 Å². The van der Waals surface area contributed by atoms with Gasteiger partial charge in [0.1, 0.15) is 0 Å². The Hall–Kier alpha value is -1.65. The molecule has 1 aliphatic carbocycles. The fourth-order valence-electron chi connectivity index (χ4n) is 1.80. The van der Waals surface area contributed by atoms with Crippen molar-refractivity contribution in [3.63, 3.8) is 0 Å². The van der Waals surface area contributed by atoms with E-state index in [0.29, 0.717) is 18.8 Å². The first-order valence-electron chi connectivity index (χ1n) is 5.97. The van der Waals surface area contributed by atoms with E-state index in [1.807, 2.05) is 0 Å². The smallest absolute Gasteiger partial charge is 0.253 e. The minimum absolute atomic E-state index is 0.0737. The van der Waals surface area contributed by atoms with Crippen LogP contribution < -0.4 is 10.9 Å². The number of aromatic nitrogens is 2. The van der Waals surface area contributed by atoms with Crippen LogP contribution in [0, 0.1) is 12.8 Å². The van der Waals surface area contributed by atoms with E-state index in [1.54, 1.807) is 6.92 Å². The fraction of sp³-hybridized carbons (Fsp3) is 0.583. The van der Waals surface area contributed by atoms with Gasteiger partial charge in [-0.3, -0.25) is 14.2 Å². The largest absolute Gasteiger partial charge is 0.354 e. The molecule has 5 nitrogen and oxygen atoms in total. The van der Waals surface area contributed by atoms with Crippen molar-refractivity contribution in [1.82, 2.24) is 14.9 Å². The molecule has 92 valence electrons. The Bertz CT molecular complexity index is 463. The summed E-state index contributed by atoms with van der Waals surface area (Å²) in [7, 11) is 0. The molecule has 1 N–H and O–H groups in total. The lowest BCUT2D eigenvalue weighted by atomic mass is 9.85. The highest BCUT2D eigenvalue weighted by atomic mass is 16.2. The van der Waals surface area contributed by atoms with Crippen molar-refractivity contribution < 1.29 is 4.79 Å². The van der Waals surface area contributed by atoms with Crippen LogP contribution in [0.3, 0.4) is 0 Å². The zero-order valence-corrected chi connectivity index (χ0v) is 9.98. The number of aryl methyl sites for hydroxylation is 1. The van der Waals surface area contributed by atoms with Crippen molar-refractivity contribution in [1.29, 1.82) is 0 Å². The van der Waals surface area contributed by atoms with Gasteiger partial charge in [-0.05, 0) is 19.8 Å². The molecule has 1 fully saturated rings. The van der Waals surface area contributed by atoms with E-state index in [9.17, 15) is 9.59 Å². The quantitative estimate of drug-likeness (QED) is 0.825. The highest BCUT2D eigenvalue weighted by molar-refractivity contribution is 5.79. The van der Waals surface area contributed by atoms with Crippen molar-refractivity contribution in [2.75, 3.05) is 6.54 Å². The van der Waals surface area contributed by atoms with E-state index >= 15 is 0 Å². The minimum Gasteiger partial charge on any atom is -0.354 e. The molecule has 1 saturated carbocycles. The second-order valence-electron chi connectivity index (χ2n) is 4.48. The summed E-state index contributed by atoms with van der Waals surface area (Å²) in [4.78, 5) is 27.1. The summed E-state index contributed by atoms with van der Waals surface area (Å²) < 4.78 is 1.51. The van der Waals surface area contributed by atoms with Gasteiger partial charge in [-0.15, -0.1) is 0 Å². The second kappa shape index (κ2) is 5.12. The van der Waals surface area contributed by atoms with Gasteiger partial charge in [0.15, 0.2) is 0 Å². The lowest BCUT2D eigenvalue weighted by molar-refractivity contribution is -0.127. The maximum atomic E-state index is 11.5. The molecule has 1 aliphatic rings. The first kappa shape index (κ1) is 11.8. The van der Waals surface area contributed by atoms with Gasteiger partial charge >= 0.3 is 0 Å². The molecule has 0 aromatic carbocycles. The van der Waals surface area contributed by atoms with Gasteiger partial charge in [0.05, 0.1) is 6.33 Å². The zero-order chi connectivity index (χ0) is 12.3. The standard InChI is InChI=1S/C12H17N3O2/c1-9-7-11(16)15(8-14-9)6-5-13-12(17)10-3-2-4-10/h7-8,10H,2-6H2,1H3,(H,13,17). The molecule has 0 atom stereocenters. The van der Waals surface area contributed by atoms with Crippen molar-refractivity contribution >= 4 is 5.91 Å². The number of carbonyl (C=O) groups is 1. The van der Waals surface area contributed by atoms with Gasteiger partial charge in [-0.2, -0.15) is 0 Å². The summed E-state index contributed by atoms with van der Waals surface area (Å²) in [6, 6.07) is 1.49. The normalized spacial score (nSPS) is 15.4. The number of amides is 1. The van der Waals surface area contributed by atoms with Crippen LogP contribution in [-0.4, -0.2) is 22.0 Å². The molecule has 5 heteroatoms. The Labute approximate surface area is 99.9 Å². The maximum absolute atomic E-state index is 11.5. The highest BCUT2D eigenvalue weighted by Gasteiger charge is 2.24. The number of carbonyl (C=O) groups excluding carboxylic acids is 1. The molecule has 2 rings (SSSR count). The number of nitrogens with one attached hydrogen (secondary N) is 1. The Morgan fingerprint density at radius 3 is 2.94 bits per heavy atom. The minimum atomic E-state index is -0.0737. The summed E-state index contributed by atoms with van der Waals surface area (Å²) in [6.07, 6.45) is 4.67. The molecule has 17 heavy (non-hydrogen) atoms. The van der Waals surface area contributed by atoms with E-state index in [4.69, 9.17) is 0 Å². The molecule has 0 spiro atoms. The monoisotopic (exact) mass is 235 g/mol. The summed E-state index contributed by atoms with van der Waals surface area (Å²) in [5.74, 6) is 0.312. The van der Waals surface area contributed by atoms with Gasteiger partial charge in [-0.1, -0.05) is 6.42 Å². The average Bonchev–Trinajstić information content (AvgIpc) is 2.18. The number of hydrogen-bond donors (Lipinski definition) is 1. The van der Waals surface area contributed by atoms with Crippen LogP contribution in [0.1, 0.15) is 25.0 Å². The molecule has 0 aliphatic heterocycles. The molecular weight excluding hydrogens is 218 g/mol. The molecule has 0 bridgehead atoms. The van der Waals surface area contributed by atoms with Gasteiger partial charge in [0.25, 0.3) is 5.56 Å². The van der Waals surface area contributed by atoms with Crippen molar-refractivity contribution in [2.45, 2.75) is 32.7 Å². The molecular formula is C12H17N3O2. The average molecular weight is 235 g/mol. The van der Waals surface area contributed by atoms with Gasteiger partial charge in [0, 0.05) is 30.8 Å². The Morgan fingerprint density at radius 2 is 2.35 bits per heavy atom. The van der Waals surface area contributed by atoms with Gasteiger partial charge in [-0.25, -0.2) is 4.98 Å². The zero-order valence-electron chi connectivity index (χ0n) is 9.98. The highest BCUT2D eigenvalue weighted by Crippen LogP contribution is 2.25. The van der Waals surface area contributed by atoms with Crippen molar-refractivity contribution in [3.8, 4) is 0 Å². The molecule has 0 unspecified atom stereocenters. The third-order valence-electron chi connectivity index (χ3n) is 3.14. The van der Waals surface area contributed by atoms with Crippen LogP contribution in [0.25, 0.3) is 0 Å². The summed E-state index contributed by atoms with van der Waals surface area (Å²) >= 11 is 0. The first-order chi connectivity index (χ1) is 8.16. The van der Waals surface area contributed by atoms with Crippen LogP contribution in [-0.2, 0) is 11.3 Å². The third kappa shape index (κ3) is 2.93. The summed E-state index contributed by atoms with van der Waals surface area (Å²) in [6.45, 7) is 2.74. The van der Waals surface area contributed by atoms with Crippen LogP contribution in [0.5, 0.6) is 0 Å². The lowest BCUT2D eigenvalue weighted by Crippen LogP contribution is -2.37. The predicted molar refractivity (Wildman–Crippen MR) is 63.6 cm³/mol. The van der Waals surface area contributed by atoms with Crippen LogP contribution in [0.2, 0.25) is 0 Å². The number of hydrogen-bond acceptors (Lipinski definition) is 3. The second-order valence-corrected chi connectivity index (χ2v) is 4.48. The van der Waals surface area contributed by atoms with E-state index in [1.165, 1.54) is 17.0 Å². The first-order valence-corrected chi connectivity index (χ1v) is 5.97. The van der Waals surface area contributed by atoms with E-state index in [-0.39, 0.29) is 17.4 Å². The fourth-order valence-corrected chi connectivity index (χ4v) is 1.80. The number of nitrogens with zero attached hydrogens (tertiary/aromatic N) is 2. The molecule has 1 amide bonds.